The molecule has 8 heteroatoms. The Kier molecular flexibility index (Phi) is 3.65. The van der Waals surface area contributed by atoms with Crippen molar-refractivity contribution in [3.63, 3.8) is 0 Å². The smallest absolute Gasteiger partial charge is 0.291 e. The van der Waals surface area contributed by atoms with E-state index >= 15 is 0 Å². The second-order valence-electron chi connectivity index (χ2n) is 6.68. The van der Waals surface area contributed by atoms with Crippen molar-refractivity contribution in [1.29, 1.82) is 0 Å². The van der Waals surface area contributed by atoms with E-state index in [1.165, 1.54) is 15.9 Å². The Balaban J connectivity index is 1.46. The number of aromatic nitrogens is 4. The summed E-state index contributed by atoms with van der Waals surface area (Å²) in [7, 11) is 0. The summed E-state index contributed by atoms with van der Waals surface area (Å²) in [5.41, 5.74) is 2.37. The molecule has 0 aliphatic rings. The fraction of sp³-hybridized carbons (Fsp3) is 0. The molecule has 0 bridgehead atoms. The van der Waals surface area contributed by atoms with Crippen molar-refractivity contribution in [3.05, 3.63) is 87.4 Å². The lowest BCUT2D eigenvalue weighted by molar-refractivity contribution is 0.441. The molecular formula is C22H12N4O3S. The third-order valence-corrected chi connectivity index (χ3v) is 5.72. The van der Waals surface area contributed by atoms with E-state index in [4.69, 9.17) is 8.94 Å². The molecule has 0 saturated carbocycles. The summed E-state index contributed by atoms with van der Waals surface area (Å²) in [4.78, 5) is 17.7. The lowest BCUT2D eigenvalue weighted by atomic mass is 10.1. The van der Waals surface area contributed by atoms with Crippen LogP contribution >= 0.6 is 11.3 Å². The first-order valence-corrected chi connectivity index (χ1v) is 9.98. The van der Waals surface area contributed by atoms with Gasteiger partial charge in [-0.25, -0.2) is 0 Å². The number of benzene rings is 2. The van der Waals surface area contributed by atoms with E-state index in [1.54, 1.807) is 18.4 Å². The van der Waals surface area contributed by atoms with Crippen molar-refractivity contribution in [1.82, 2.24) is 19.8 Å². The number of furan rings is 1. The van der Waals surface area contributed by atoms with Crippen LogP contribution in [0.15, 0.2) is 80.7 Å². The van der Waals surface area contributed by atoms with Crippen LogP contribution in [0, 0.1) is 0 Å². The SMILES string of the molecule is O=c1/c(=C/c2ccc3noc(-c4ccccc4)c3c2)sc2nc(-c3ccco3)nn12. The fourth-order valence-electron chi connectivity index (χ4n) is 3.34. The van der Waals surface area contributed by atoms with E-state index in [-0.39, 0.29) is 5.56 Å². The van der Waals surface area contributed by atoms with Gasteiger partial charge in [0.25, 0.3) is 5.56 Å². The van der Waals surface area contributed by atoms with Gasteiger partial charge in [-0.15, -0.1) is 5.10 Å². The summed E-state index contributed by atoms with van der Waals surface area (Å²) in [6.07, 6.45) is 3.38. The van der Waals surface area contributed by atoms with Crippen LogP contribution in [0.25, 0.3) is 44.8 Å². The Bertz CT molecular complexity index is 1610. The maximum absolute atomic E-state index is 12.8. The zero-order valence-corrected chi connectivity index (χ0v) is 16.2. The zero-order chi connectivity index (χ0) is 20.1. The highest BCUT2D eigenvalue weighted by Crippen LogP contribution is 2.29. The first kappa shape index (κ1) is 16.9. The minimum atomic E-state index is -0.214. The predicted molar refractivity (Wildman–Crippen MR) is 113 cm³/mol. The number of hydrogen-bond donors (Lipinski definition) is 0. The molecule has 0 aliphatic heterocycles. The maximum Gasteiger partial charge on any atom is 0.291 e. The van der Waals surface area contributed by atoms with Crippen molar-refractivity contribution < 1.29 is 8.94 Å². The van der Waals surface area contributed by atoms with Gasteiger partial charge in [-0.2, -0.15) is 9.50 Å². The van der Waals surface area contributed by atoms with Gasteiger partial charge in [-0.3, -0.25) is 4.79 Å². The van der Waals surface area contributed by atoms with Gasteiger partial charge in [0.15, 0.2) is 11.5 Å². The molecular weight excluding hydrogens is 400 g/mol. The third-order valence-electron chi connectivity index (χ3n) is 4.76. The largest absolute Gasteiger partial charge is 0.461 e. The Morgan fingerprint density at radius 3 is 2.73 bits per heavy atom. The predicted octanol–water partition coefficient (Wildman–Crippen LogP) is 3.77. The summed E-state index contributed by atoms with van der Waals surface area (Å²) in [5, 5.41) is 9.31. The molecule has 7 nitrogen and oxygen atoms in total. The highest BCUT2D eigenvalue weighted by Gasteiger charge is 2.14. The number of nitrogens with zero attached hydrogens (tertiary/aromatic N) is 4. The second kappa shape index (κ2) is 6.50. The highest BCUT2D eigenvalue weighted by molar-refractivity contribution is 7.15. The molecule has 0 amide bonds. The first-order chi connectivity index (χ1) is 14.8. The summed E-state index contributed by atoms with van der Waals surface area (Å²) in [6.45, 7) is 0. The number of rotatable bonds is 3. The minimum Gasteiger partial charge on any atom is -0.461 e. The van der Waals surface area contributed by atoms with E-state index in [9.17, 15) is 4.79 Å². The van der Waals surface area contributed by atoms with Crippen LogP contribution in [0.3, 0.4) is 0 Å². The lowest BCUT2D eigenvalue weighted by Gasteiger charge is -1.97. The molecule has 6 rings (SSSR count). The molecule has 4 aromatic heterocycles. The Labute approximate surface area is 172 Å². The van der Waals surface area contributed by atoms with Crippen LogP contribution in [0.4, 0.5) is 0 Å². The van der Waals surface area contributed by atoms with Gasteiger partial charge in [0.05, 0.1) is 16.2 Å². The lowest BCUT2D eigenvalue weighted by Crippen LogP contribution is -2.23. The third kappa shape index (κ3) is 2.66. The van der Waals surface area contributed by atoms with Crippen LogP contribution in [0.2, 0.25) is 0 Å². The van der Waals surface area contributed by atoms with Crippen molar-refractivity contribution in [2.24, 2.45) is 0 Å². The summed E-state index contributed by atoms with van der Waals surface area (Å²) >= 11 is 1.29. The maximum atomic E-state index is 12.8. The minimum absolute atomic E-state index is 0.214. The van der Waals surface area contributed by atoms with Gasteiger partial charge in [0.2, 0.25) is 10.8 Å². The van der Waals surface area contributed by atoms with E-state index in [1.807, 2.05) is 54.6 Å². The van der Waals surface area contributed by atoms with Crippen LogP contribution in [-0.4, -0.2) is 19.8 Å². The summed E-state index contributed by atoms with van der Waals surface area (Å²) < 4.78 is 12.7. The average molecular weight is 412 g/mol. The Morgan fingerprint density at radius 2 is 1.93 bits per heavy atom. The molecule has 4 heterocycles. The molecule has 0 saturated heterocycles. The fourth-order valence-corrected chi connectivity index (χ4v) is 4.25. The number of hydrogen-bond acceptors (Lipinski definition) is 7. The molecule has 0 N–H and O–H groups in total. The van der Waals surface area contributed by atoms with Gasteiger partial charge in [-0.05, 0) is 35.9 Å². The molecule has 0 aliphatic carbocycles. The van der Waals surface area contributed by atoms with E-state index in [0.29, 0.717) is 26.8 Å². The van der Waals surface area contributed by atoms with E-state index in [2.05, 4.69) is 15.2 Å². The van der Waals surface area contributed by atoms with Gasteiger partial charge >= 0.3 is 0 Å². The molecule has 0 atom stereocenters. The summed E-state index contributed by atoms with van der Waals surface area (Å²) in [6, 6.07) is 19.1. The summed E-state index contributed by atoms with van der Waals surface area (Å²) in [5.74, 6) is 1.63. The van der Waals surface area contributed by atoms with Crippen molar-refractivity contribution in [2.45, 2.75) is 0 Å². The van der Waals surface area contributed by atoms with Crippen molar-refractivity contribution in [3.8, 4) is 22.9 Å². The molecule has 30 heavy (non-hydrogen) atoms. The van der Waals surface area contributed by atoms with Gasteiger partial charge in [0, 0.05) is 5.56 Å². The second-order valence-corrected chi connectivity index (χ2v) is 7.69. The normalized spacial score (nSPS) is 12.3. The quantitative estimate of drug-likeness (QED) is 0.440. The average Bonchev–Trinajstić information content (AvgIpc) is 3.54. The van der Waals surface area contributed by atoms with Crippen LogP contribution < -0.4 is 10.1 Å². The molecule has 0 radical (unpaired) electrons. The molecule has 0 unspecified atom stereocenters. The topological polar surface area (TPSA) is 86.4 Å². The van der Waals surface area contributed by atoms with Crippen LogP contribution in [0.1, 0.15) is 5.56 Å². The van der Waals surface area contributed by atoms with Crippen molar-refractivity contribution in [2.75, 3.05) is 0 Å². The number of fused-ring (bicyclic) bond motifs is 2. The Hall–Kier alpha value is -4.04. The van der Waals surface area contributed by atoms with E-state index in [0.717, 1.165) is 22.0 Å². The first-order valence-electron chi connectivity index (χ1n) is 9.16. The molecule has 0 spiro atoms. The molecule has 6 aromatic rings. The zero-order valence-electron chi connectivity index (χ0n) is 15.4. The molecule has 0 fully saturated rings. The van der Waals surface area contributed by atoms with Gasteiger partial charge in [0.1, 0.15) is 5.52 Å². The van der Waals surface area contributed by atoms with Crippen LogP contribution in [0.5, 0.6) is 0 Å². The standard InChI is InChI=1S/C22H12N4O3S/c27-21-18(30-22-23-20(24-26(21)22)17-7-4-10-28-17)12-13-8-9-16-15(11-13)19(29-25-16)14-5-2-1-3-6-14/h1-12H/b18-12-. The molecule has 144 valence electrons. The Morgan fingerprint density at radius 1 is 1.03 bits per heavy atom. The van der Waals surface area contributed by atoms with Crippen LogP contribution in [-0.2, 0) is 0 Å². The van der Waals surface area contributed by atoms with Gasteiger partial charge in [-0.1, -0.05) is 52.9 Å². The highest BCUT2D eigenvalue weighted by atomic mass is 32.1. The monoisotopic (exact) mass is 412 g/mol. The molecule has 2 aromatic carbocycles. The van der Waals surface area contributed by atoms with Crippen molar-refractivity contribution >= 4 is 33.3 Å². The van der Waals surface area contributed by atoms with E-state index < -0.39 is 0 Å². The van der Waals surface area contributed by atoms with Gasteiger partial charge < -0.3 is 8.94 Å². The number of thiazole rings is 1.